The smallest absolute Gasteiger partial charge is 0.361 e. The quantitative estimate of drug-likeness (QED) is 0.0211. The number of hydrogen-bond donors (Lipinski definition) is 1. The number of hydrogen-bond acceptors (Lipinski definition) is 7. The Bertz CT molecular complexity index is 1920. The molecule has 0 amide bonds. The van der Waals surface area contributed by atoms with Crippen LogP contribution in [0.4, 0.5) is 0 Å². The van der Waals surface area contributed by atoms with E-state index < -0.39 is 24.3 Å². The van der Waals surface area contributed by atoms with Crippen LogP contribution in [0, 0.1) is 0 Å². The molecule has 0 saturated carbocycles. The Labute approximate surface area is 508 Å². The maximum Gasteiger partial charge on any atom is 0.361 e. The Morgan fingerprint density at radius 3 is 0.988 bits per heavy atom. The van der Waals surface area contributed by atoms with Crippen LogP contribution in [0.2, 0.25) is 0 Å². The third kappa shape index (κ3) is 64.3. The number of carboxylic acids is 1. The zero-order chi connectivity index (χ0) is 60.5. The summed E-state index contributed by atoms with van der Waals surface area (Å²) in [4.78, 5) is 37.6. The van der Waals surface area contributed by atoms with Crippen LogP contribution in [0.25, 0.3) is 0 Å². The number of carboxylic acid groups (broad SMARTS) is 1. The van der Waals surface area contributed by atoms with E-state index in [-0.39, 0.29) is 38.6 Å². The fourth-order valence-electron chi connectivity index (χ4n) is 8.35. The lowest BCUT2D eigenvalue weighted by molar-refractivity contribution is -0.870. The van der Waals surface area contributed by atoms with Crippen LogP contribution in [0.15, 0.2) is 158 Å². The van der Waals surface area contributed by atoms with Crippen LogP contribution in [-0.2, 0) is 33.3 Å². The van der Waals surface area contributed by atoms with Gasteiger partial charge in [0, 0.05) is 12.8 Å². The molecule has 0 aromatic heterocycles. The van der Waals surface area contributed by atoms with Crippen molar-refractivity contribution in [1.82, 2.24) is 0 Å². The van der Waals surface area contributed by atoms with Gasteiger partial charge in [-0.3, -0.25) is 9.59 Å². The van der Waals surface area contributed by atoms with E-state index in [4.69, 9.17) is 18.9 Å². The molecular formula is C74H120NO8+. The molecular weight excluding hydrogens is 1030 g/mol. The second-order valence-electron chi connectivity index (χ2n) is 22.3. The minimum atomic E-state index is -1.53. The van der Waals surface area contributed by atoms with Crippen LogP contribution in [-0.4, -0.2) is 87.4 Å². The summed E-state index contributed by atoms with van der Waals surface area (Å²) in [6, 6.07) is 0. The van der Waals surface area contributed by atoms with Gasteiger partial charge in [-0.15, -0.1) is 0 Å². The number of nitrogens with zero attached hydrogens (tertiary/aromatic N) is 1. The molecule has 2 unspecified atom stereocenters. The van der Waals surface area contributed by atoms with E-state index >= 15 is 0 Å². The standard InChI is InChI=1S/C74H119NO8/c1-6-8-10-12-14-16-18-20-22-24-26-28-30-32-34-35-36-37-39-40-42-44-46-48-50-52-54-56-58-60-62-64-71(76)81-68-70(69-82-74(73(78)79)80-67-66-75(3,4)5)83-72(77)65-63-61-59-57-55-53-51-49-47-45-43-41-38-33-31-29-27-25-23-21-19-17-15-13-11-9-7-2/h8-11,14-17,20-23,26-29,32-34,38,43,45,49,51,55,57,70,74H,6-7,12-13,18-19,24-25,30-31,35-37,39-42,44,46-48,50,52-54,56,58-69H2,1-5H3/p+1/b10-8-,11-9-,16-14-,17-15-,22-20-,23-21-,28-26-,29-27-,34-32-,38-33-,45-43-,51-49-,57-55-. The highest BCUT2D eigenvalue weighted by Crippen LogP contribution is 2.15. The monoisotopic (exact) mass is 1150 g/mol. The Kier molecular flexibility index (Phi) is 59.1. The molecule has 0 rings (SSSR count). The molecule has 9 nitrogen and oxygen atoms in total. The summed E-state index contributed by atoms with van der Waals surface area (Å²) in [7, 11) is 5.95. The lowest BCUT2D eigenvalue weighted by atomic mass is 10.0. The molecule has 1 N–H and O–H groups in total. The second kappa shape index (κ2) is 62.9. The molecule has 0 fully saturated rings. The van der Waals surface area contributed by atoms with E-state index in [1.165, 1.54) is 83.5 Å². The fourth-order valence-corrected chi connectivity index (χ4v) is 8.35. The Morgan fingerprint density at radius 1 is 0.361 bits per heavy atom. The first-order valence-corrected chi connectivity index (χ1v) is 32.6. The van der Waals surface area contributed by atoms with Gasteiger partial charge in [0.25, 0.3) is 6.29 Å². The van der Waals surface area contributed by atoms with Crippen LogP contribution in [0.1, 0.15) is 232 Å². The van der Waals surface area contributed by atoms with E-state index in [0.29, 0.717) is 17.4 Å². The van der Waals surface area contributed by atoms with E-state index in [1.807, 2.05) is 21.1 Å². The van der Waals surface area contributed by atoms with Gasteiger partial charge in [0.2, 0.25) is 0 Å². The molecule has 9 heteroatoms. The molecule has 0 aliphatic rings. The highest BCUT2D eigenvalue weighted by Gasteiger charge is 2.25. The molecule has 0 aliphatic heterocycles. The van der Waals surface area contributed by atoms with Crippen molar-refractivity contribution in [2.24, 2.45) is 0 Å². The predicted molar refractivity (Wildman–Crippen MR) is 354 cm³/mol. The first kappa shape index (κ1) is 77.9. The summed E-state index contributed by atoms with van der Waals surface area (Å²) in [6.45, 7) is 4.58. The minimum absolute atomic E-state index is 0.171. The van der Waals surface area contributed by atoms with Gasteiger partial charge >= 0.3 is 17.9 Å². The summed E-state index contributed by atoms with van der Waals surface area (Å²) in [6.07, 6.45) is 90.6. The van der Waals surface area contributed by atoms with Gasteiger partial charge in [0.05, 0.1) is 34.4 Å². The van der Waals surface area contributed by atoms with Crippen molar-refractivity contribution < 1.29 is 42.9 Å². The maximum absolute atomic E-state index is 12.9. The normalized spacial score (nSPS) is 13.8. The number of carbonyl (C=O) groups excluding carboxylic acids is 2. The number of allylic oxidation sites excluding steroid dienone is 26. The molecule has 2 atom stereocenters. The fraction of sp³-hybridized carbons (Fsp3) is 0.608. The summed E-state index contributed by atoms with van der Waals surface area (Å²) in [5, 5.41) is 9.73. The summed E-state index contributed by atoms with van der Waals surface area (Å²) < 4.78 is 22.9. The molecule has 83 heavy (non-hydrogen) atoms. The number of rotatable bonds is 58. The lowest BCUT2D eigenvalue weighted by Crippen LogP contribution is -2.40. The third-order valence-electron chi connectivity index (χ3n) is 13.3. The number of esters is 2. The van der Waals surface area contributed by atoms with Crippen molar-refractivity contribution in [3.8, 4) is 0 Å². The first-order valence-electron chi connectivity index (χ1n) is 32.6. The zero-order valence-electron chi connectivity index (χ0n) is 53.3. The average Bonchev–Trinajstić information content (AvgIpc) is 3.46. The van der Waals surface area contributed by atoms with Crippen molar-refractivity contribution >= 4 is 17.9 Å². The van der Waals surface area contributed by atoms with E-state index in [2.05, 4.69) is 172 Å². The average molecular weight is 1150 g/mol. The highest BCUT2D eigenvalue weighted by atomic mass is 16.7. The van der Waals surface area contributed by atoms with Gasteiger partial charge in [-0.25, -0.2) is 4.79 Å². The van der Waals surface area contributed by atoms with E-state index in [1.54, 1.807) is 0 Å². The number of carbonyl (C=O) groups is 3. The minimum Gasteiger partial charge on any atom is -0.477 e. The van der Waals surface area contributed by atoms with Crippen LogP contribution < -0.4 is 0 Å². The molecule has 0 aliphatic carbocycles. The SMILES string of the molecule is CC/C=C\C/C=C\C/C=C\C/C=C\C/C=C\C/C=C\C/C=C\C/C=C\CCCCC(=O)OC(COC(=O)CCCCCCCCCCCCCCCCC/C=C\C/C=C\C/C=C\C/C=C\C/C=C\CC)COC(OCC[N+](C)(C)C)C(=O)O. The second-order valence-corrected chi connectivity index (χ2v) is 22.3. The summed E-state index contributed by atoms with van der Waals surface area (Å²) >= 11 is 0. The zero-order valence-corrected chi connectivity index (χ0v) is 53.3. The number of ether oxygens (including phenoxy) is 4. The Hall–Kier alpha value is -5.09. The number of quaternary nitrogens is 1. The first-order chi connectivity index (χ1) is 40.6. The van der Waals surface area contributed by atoms with E-state index in [0.717, 1.165) is 116 Å². The number of aliphatic carboxylic acids is 1. The maximum atomic E-state index is 12.9. The van der Waals surface area contributed by atoms with Crippen molar-refractivity contribution in [3.63, 3.8) is 0 Å². The molecule has 0 radical (unpaired) electrons. The van der Waals surface area contributed by atoms with Crippen molar-refractivity contribution in [3.05, 3.63) is 158 Å². The van der Waals surface area contributed by atoms with Gasteiger partial charge < -0.3 is 28.5 Å². The highest BCUT2D eigenvalue weighted by molar-refractivity contribution is 5.71. The summed E-state index contributed by atoms with van der Waals surface area (Å²) in [5.74, 6) is -2.08. The Morgan fingerprint density at radius 2 is 0.651 bits per heavy atom. The predicted octanol–water partition coefficient (Wildman–Crippen LogP) is 20.1. The van der Waals surface area contributed by atoms with Gasteiger partial charge in [-0.05, 0) is 122 Å². The molecule has 0 aromatic carbocycles. The van der Waals surface area contributed by atoms with Crippen molar-refractivity contribution in [2.45, 2.75) is 245 Å². The van der Waals surface area contributed by atoms with Crippen molar-refractivity contribution in [2.75, 3.05) is 47.5 Å². The third-order valence-corrected chi connectivity index (χ3v) is 13.3. The van der Waals surface area contributed by atoms with Crippen LogP contribution in [0.5, 0.6) is 0 Å². The van der Waals surface area contributed by atoms with Gasteiger partial charge in [0.1, 0.15) is 13.2 Å². The van der Waals surface area contributed by atoms with Gasteiger partial charge in [0.15, 0.2) is 6.10 Å². The summed E-state index contributed by atoms with van der Waals surface area (Å²) in [5.41, 5.74) is 0. The number of unbranched alkanes of at least 4 members (excludes halogenated alkanes) is 17. The molecule has 0 spiro atoms. The molecule has 0 saturated heterocycles. The molecule has 468 valence electrons. The molecule has 0 aromatic rings. The van der Waals surface area contributed by atoms with Crippen LogP contribution >= 0.6 is 0 Å². The van der Waals surface area contributed by atoms with Gasteiger partial charge in [-0.1, -0.05) is 255 Å². The van der Waals surface area contributed by atoms with Gasteiger partial charge in [-0.2, -0.15) is 0 Å². The molecule has 0 heterocycles. The Balaban J connectivity index is 4.27. The van der Waals surface area contributed by atoms with Crippen molar-refractivity contribution in [1.29, 1.82) is 0 Å². The molecule has 0 bridgehead atoms. The largest absolute Gasteiger partial charge is 0.477 e. The number of likely N-dealkylation sites (N-methyl/N-ethyl adjacent to an activating group) is 1. The topological polar surface area (TPSA) is 108 Å². The van der Waals surface area contributed by atoms with E-state index in [9.17, 15) is 19.5 Å². The lowest BCUT2D eigenvalue weighted by Gasteiger charge is -2.25. The van der Waals surface area contributed by atoms with Crippen LogP contribution in [0.3, 0.4) is 0 Å².